The number of carbonyl (C=O) groups is 4. The quantitative estimate of drug-likeness (QED) is 0.525. The molecule has 0 aromatic carbocycles. The lowest BCUT2D eigenvalue weighted by atomic mass is 9.98. The molecular weight excluding hydrogens is 342 g/mol. The van der Waals surface area contributed by atoms with Gasteiger partial charge in [-0.1, -0.05) is 12.8 Å². The average molecular weight is 367 g/mol. The molecule has 2 aliphatic heterocycles. The molecule has 0 radical (unpaired) electrons. The Morgan fingerprint density at radius 2 is 1.85 bits per heavy atom. The second kappa shape index (κ2) is 8.03. The summed E-state index contributed by atoms with van der Waals surface area (Å²) in [6.45, 7) is 1.89. The highest BCUT2D eigenvalue weighted by Gasteiger charge is 2.52. The summed E-state index contributed by atoms with van der Waals surface area (Å²) in [6.07, 6.45) is 3.60. The SMILES string of the molecule is O=C(CCCN1C(=O)NC2(CCCC2)C1=O)OCC(=O)N1CCOCC1. The molecule has 144 valence electrons. The number of esters is 1. The number of nitrogens with one attached hydrogen (secondary N) is 1. The predicted molar refractivity (Wildman–Crippen MR) is 89.0 cm³/mol. The maximum Gasteiger partial charge on any atom is 0.325 e. The van der Waals surface area contributed by atoms with Gasteiger partial charge < -0.3 is 19.7 Å². The van der Waals surface area contributed by atoms with Gasteiger partial charge in [0.05, 0.1) is 13.2 Å². The summed E-state index contributed by atoms with van der Waals surface area (Å²) < 4.78 is 10.2. The number of hydrogen-bond donors (Lipinski definition) is 1. The number of morpholine rings is 1. The van der Waals surface area contributed by atoms with Gasteiger partial charge in [0.15, 0.2) is 6.61 Å². The van der Waals surface area contributed by atoms with Gasteiger partial charge >= 0.3 is 12.0 Å². The largest absolute Gasteiger partial charge is 0.456 e. The summed E-state index contributed by atoms with van der Waals surface area (Å²) in [5.74, 6) is -0.927. The molecule has 26 heavy (non-hydrogen) atoms. The maximum atomic E-state index is 12.5. The van der Waals surface area contributed by atoms with Crippen LogP contribution >= 0.6 is 0 Å². The molecule has 1 aliphatic carbocycles. The first kappa shape index (κ1) is 18.6. The monoisotopic (exact) mass is 367 g/mol. The summed E-state index contributed by atoms with van der Waals surface area (Å²) in [7, 11) is 0. The molecule has 1 N–H and O–H groups in total. The topological polar surface area (TPSA) is 105 Å². The van der Waals surface area contributed by atoms with Crippen molar-refractivity contribution in [3.63, 3.8) is 0 Å². The van der Waals surface area contributed by atoms with Crippen LogP contribution in [0, 0.1) is 0 Å². The Labute approximate surface area is 152 Å². The predicted octanol–water partition coefficient (Wildman–Crippen LogP) is 0.0332. The number of amides is 4. The van der Waals surface area contributed by atoms with Gasteiger partial charge in [-0.15, -0.1) is 0 Å². The number of rotatable bonds is 6. The zero-order valence-electron chi connectivity index (χ0n) is 14.8. The second-order valence-electron chi connectivity index (χ2n) is 6.93. The van der Waals surface area contributed by atoms with E-state index in [0.29, 0.717) is 45.6 Å². The van der Waals surface area contributed by atoms with E-state index in [1.807, 2.05) is 0 Å². The van der Waals surface area contributed by atoms with Crippen LogP contribution in [0.15, 0.2) is 0 Å². The lowest BCUT2D eigenvalue weighted by Crippen LogP contribution is -2.44. The Kier molecular flexibility index (Phi) is 5.75. The molecule has 3 fully saturated rings. The lowest BCUT2D eigenvalue weighted by molar-refractivity contribution is -0.153. The van der Waals surface area contributed by atoms with Crippen molar-refractivity contribution < 1.29 is 28.7 Å². The Morgan fingerprint density at radius 3 is 2.54 bits per heavy atom. The molecule has 0 aromatic rings. The smallest absolute Gasteiger partial charge is 0.325 e. The van der Waals surface area contributed by atoms with E-state index in [4.69, 9.17) is 9.47 Å². The summed E-state index contributed by atoms with van der Waals surface area (Å²) in [5.41, 5.74) is -0.720. The third-order valence-corrected chi connectivity index (χ3v) is 5.19. The molecule has 1 saturated carbocycles. The second-order valence-corrected chi connectivity index (χ2v) is 6.93. The van der Waals surface area contributed by atoms with Crippen LogP contribution in [0.2, 0.25) is 0 Å². The molecule has 0 aromatic heterocycles. The summed E-state index contributed by atoms with van der Waals surface area (Å²) in [4.78, 5) is 51.0. The van der Waals surface area contributed by atoms with Crippen LogP contribution in [-0.2, 0) is 23.9 Å². The average Bonchev–Trinajstić information content (AvgIpc) is 3.21. The minimum absolute atomic E-state index is 0.0560. The third-order valence-electron chi connectivity index (χ3n) is 5.19. The van der Waals surface area contributed by atoms with E-state index in [2.05, 4.69) is 5.32 Å². The van der Waals surface area contributed by atoms with Gasteiger partial charge in [-0.25, -0.2) is 4.79 Å². The van der Waals surface area contributed by atoms with Gasteiger partial charge in [0, 0.05) is 26.1 Å². The van der Waals surface area contributed by atoms with Gasteiger partial charge in [-0.3, -0.25) is 19.3 Å². The molecule has 2 saturated heterocycles. The number of urea groups is 1. The molecule has 9 heteroatoms. The first-order valence-electron chi connectivity index (χ1n) is 9.17. The third kappa shape index (κ3) is 3.98. The van der Waals surface area contributed by atoms with Gasteiger partial charge in [0.2, 0.25) is 0 Å². The molecule has 4 amide bonds. The minimum Gasteiger partial charge on any atom is -0.456 e. The van der Waals surface area contributed by atoms with E-state index in [9.17, 15) is 19.2 Å². The van der Waals surface area contributed by atoms with Crippen molar-refractivity contribution in [2.75, 3.05) is 39.5 Å². The molecule has 0 unspecified atom stereocenters. The van der Waals surface area contributed by atoms with Gasteiger partial charge in [0.25, 0.3) is 11.8 Å². The van der Waals surface area contributed by atoms with Crippen LogP contribution in [0.25, 0.3) is 0 Å². The number of ether oxygens (including phenoxy) is 2. The first-order chi connectivity index (χ1) is 12.5. The van der Waals surface area contributed by atoms with E-state index in [1.54, 1.807) is 4.90 Å². The van der Waals surface area contributed by atoms with Gasteiger partial charge in [-0.05, 0) is 19.3 Å². The van der Waals surface area contributed by atoms with Crippen LogP contribution in [0.5, 0.6) is 0 Å². The van der Waals surface area contributed by atoms with Crippen LogP contribution < -0.4 is 5.32 Å². The van der Waals surface area contributed by atoms with Crippen LogP contribution in [0.1, 0.15) is 38.5 Å². The van der Waals surface area contributed by atoms with Crippen LogP contribution in [0.4, 0.5) is 4.79 Å². The fourth-order valence-electron chi connectivity index (χ4n) is 3.70. The van der Waals surface area contributed by atoms with Crippen molar-refractivity contribution >= 4 is 23.8 Å². The van der Waals surface area contributed by atoms with Crippen molar-refractivity contribution in [2.24, 2.45) is 0 Å². The fraction of sp³-hybridized carbons (Fsp3) is 0.765. The minimum atomic E-state index is -0.720. The van der Waals surface area contributed by atoms with E-state index in [0.717, 1.165) is 12.8 Å². The van der Waals surface area contributed by atoms with E-state index in [1.165, 1.54) is 4.90 Å². The summed E-state index contributed by atoms with van der Waals surface area (Å²) in [6, 6.07) is -0.382. The van der Waals surface area contributed by atoms with Gasteiger partial charge in [0.1, 0.15) is 5.54 Å². The highest BCUT2D eigenvalue weighted by Crippen LogP contribution is 2.35. The Hall–Kier alpha value is -2.16. The Bertz CT molecular complexity index is 581. The molecule has 0 atom stereocenters. The van der Waals surface area contributed by atoms with Crippen molar-refractivity contribution in [2.45, 2.75) is 44.1 Å². The van der Waals surface area contributed by atoms with E-state index >= 15 is 0 Å². The summed E-state index contributed by atoms with van der Waals surface area (Å²) in [5, 5.41) is 2.80. The molecule has 3 rings (SSSR count). The summed E-state index contributed by atoms with van der Waals surface area (Å²) >= 11 is 0. The number of hydrogen-bond acceptors (Lipinski definition) is 6. The Morgan fingerprint density at radius 1 is 1.15 bits per heavy atom. The zero-order valence-corrected chi connectivity index (χ0v) is 14.8. The van der Waals surface area contributed by atoms with Crippen molar-refractivity contribution in [3.05, 3.63) is 0 Å². The standard InChI is InChI=1S/C17H25N3O6/c21-13(19-8-10-25-11-9-19)12-26-14(22)4-3-7-20-15(23)17(18-16(20)24)5-1-2-6-17/h1-12H2,(H,18,24). The zero-order chi connectivity index (χ0) is 18.6. The molecule has 2 heterocycles. The normalized spacial score (nSPS) is 22.0. The van der Waals surface area contributed by atoms with Crippen LogP contribution in [0.3, 0.4) is 0 Å². The molecular formula is C17H25N3O6. The first-order valence-corrected chi connectivity index (χ1v) is 9.17. The highest BCUT2D eigenvalue weighted by atomic mass is 16.5. The van der Waals surface area contributed by atoms with E-state index in [-0.39, 0.29) is 37.4 Å². The Balaban J connectivity index is 1.36. The fourth-order valence-corrected chi connectivity index (χ4v) is 3.70. The van der Waals surface area contributed by atoms with Crippen molar-refractivity contribution in [3.8, 4) is 0 Å². The number of nitrogens with zero attached hydrogens (tertiary/aromatic N) is 2. The maximum absolute atomic E-state index is 12.5. The van der Waals surface area contributed by atoms with E-state index < -0.39 is 11.5 Å². The van der Waals surface area contributed by atoms with Gasteiger partial charge in [-0.2, -0.15) is 0 Å². The van der Waals surface area contributed by atoms with Crippen molar-refractivity contribution in [1.82, 2.24) is 15.1 Å². The molecule has 0 bridgehead atoms. The lowest BCUT2D eigenvalue weighted by Gasteiger charge is -2.26. The highest BCUT2D eigenvalue weighted by molar-refractivity contribution is 6.07. The molecule has 9 nitrogen and oxygen atoms in total. The van der Waals surface area contributed by atoms with Crippen molar-refractivity contribution in [1.29, 1.82) is 0 Å². The number of carbonyl (C=O) groups excluding carboxylic acids is 4. The number of imide groups is 1. The molecule has 3 aliphatic rings. The molecule has 1 spiro atoms. The van der Waals surface area contributed by atoms with Crippen LogP contribution in [-0.4, -0.2) is 78.6 Å².